The van der Waals surface area contributed by atoms with E-state index < -0.39 is 0 Å². The second kappa shape index (κ2) is 7.20. The van der Waals surface area contributed by atoms with Crippen molar-refractivity contribution in [2.24, 2.45) is 0 Å². The van der Waals surface area contributed by atoms with Crippen molar-refractivity contribution in [3.63, 3.8) is 0 Å². The Labute approximate surface area is 116 Å². The molecule has 0 aromatic heterocycles. The number of rotatable bonds is 5. The molecule has 1 aromatic carbocycles. The van der Waals surface area contributed by atoms with E-state index in [1.807, 2.05) is 0 Å². The fourth-order valence-electron chi connectivity index (χ4n) is 2.58. The van der Waals surface area contributed by atoms with Crippen LogP contribution in [0.15, 0.2) is 24.3 Å². The minimum atomic E-state index is 0.531. The Hall–Kier alpha value is -0.470. The summed E-state index contributed by atoms with van der Waals surface area (Å²) in [6.45, 7) is 4.49. The molecule has 1 aromatic rings. The number of aryl methyl sites for hydroxylation is 1. The SMILES string of the molecule is CCc1ccc(C(CC)NC2CCSCC2)cc1. The van der Waals surface area contributed by atoms with Gasteiger partial charge in [0.15, 0.2) is 0 Å². The molecule has 1 aliphatic heterocycles. The number of hydrogen-bond acceptors (Lipinski definition) is 2. The lowest BCUT2D eigenvalue weighted by atomic mass is 10.00. The quantitative estimate of drug-likeness (QED) is 0.855. The molecule has 100 valence electrons. The van der Waals surface area contributed by atoms with Crippen LogP contribution in [0.3, 0.4) is 0 Å². The smallest absolute Gasteiger partial charge is 0.0320 e. The van der Waals surface area contributed by atoms with Gasteiger partial charge < -0.3 is 5.32 Å². The molecule has 18 heavy (non-hydrogen) atoms. The van der Waals surface area contributed by atoms with Gasteiger partial charge in [-0.1, -0.05) is 38.1 Å². The fraction of sp³-hybridized carbons (Fsp3) is 0.625. The second-order valence-electron chi connectivity index (χ2n) is 5.11. The summed E-state index contributed by atoms with van der Waals surface area (Å²) >= 11 is 2.09. The molecule has 1 heterocycles. The Bertz CT molecular complexity index is 341. The van der Waals surface area contributed by atoms with Gasteiger partial charge in [0.1, 0.15) is 0 Å². The molecular weight excluding hydrogens is 238 g/mol. The molecule has 0 aliphatic carbocycles. The number of benzene rings is 1. The van der Waals surface area contributed by atoms with Crippen molar-refractivity contribution < 1.29 is 0 Å². The van der Waals surface area contributed by atoms with Crippen molar-refractivity contribution in [2.45, 2.75) is 51.6 Å². The molecule has 0 bridgehead atoms. The van der Waals surface area contributed by atoms with Crippen molar-refractivity contribution in [2.75, 3.05) is 11.5 Å². The lowest BCUT2D eigenvalue weighted by Gasteiger charge is -2.28. The first-order chi connectivity index (χ1) is 8.83. The normalized spacial score (nSPS) is 18.8. The van der Waals surface area contributed by atoms with Crippen LogP contribution >= 0.6 is 11.8 Å². The molecule has 1 fully saturated rings. The van der Waals surface area contributed by atoms with Gasteiger partial charge in [-0.2, -0.15) is 11.8 Å². The van der Waals surface area contributed by atoms with Crippen molar-refractivity contribution in [1.82, 2.24) is 5.32 Å². The first kappa shape index (κ1) is 14.0. The van der Waals surface area contributed by atoms with Crippen LogP contribution in [0.2, 0.25) is 0 Å². The van der Waals surface area contributed by atoms with E-state index in [0.717, 1.165) is 12.5 Å². The summed E-state index contributed by atoms with van der Waals surface area (Å²) in [6.07, 6.45) is 4.96. The molecule has 1 saturated heterocycles. The lowest BCUT2D eigenvalue weighted by molar-refractivity contribution is 0.406. The standard InChI is InChI=1S/C16H25NS/c1-3-13-5-7-14(8-6-13)16(4-2)17-15-9-11-18-12-10-15/h5-8,15-17H,3-4,9-12H2,1-2H3. The van der Waals surface area contributed by atoms with Crippen LogP contribution in [0.25, 0.3) is 0 Å². The predicted molar refractivity (Wildman–Crippen MR) is 82.3 cm³/mol. The summed E-state index contributed by atoms with van der Waals surface area (Å²) in [5.41, 5.74) is 2.88. The van der Waals surface area contributed by atoms with Crippen LogP contribution in [0, 0.1) is 0 Å². The third-order valence-corrected chi connectivity index (χ3v) is 4.91. The number of thioether (sulfide) groups is 1. The van der Waals surface area contributed by atoms with Gasteiger partial charge in [0, 0.05) is 12.1 Å². The van der Waals surface area contributed by atoms with E-state index in [1.165, 1.54) is 41.9 Å². The molecule has 0 spiro atoms. The van der Waals surface area contributed by atoms with Crippen molar-refractivity contribution >= 4 is 11.8 Å². The van der Waals surface area contributed by atoms with Gasteiger partial charge in [0.2, 0.25) is 0 Å². The molecule has 0 radical (unpaired) electrons. The largest absolute Gasteiger partial charge is 0.307 e. The van der Waals surface area contributed by atoms with Crippen molar-refractivity contribution in [1.29, 1.82) is 0 Å². The van der Waals surface area contributed by atoms with Gasteiger partial charge in [-0.15, -0.1) is 0 Å². The van der Waals surface area contributed by atoms with Crippen molar-refractivity contribution in [3.05, 3.63) is 35.4 Å². The summed E-state index contributed by atoms with van der Waals surface area (Å²) in [4.78, 5) is 0. The highest BCUT2D eigenvalue weighted by Crippen LogP contribution is 2.23. The van der Waals surface area contributed by atoms with Crippen LogP contribution in [0.4, 0.5) is 0 Å². The average Bonchev–Trinajstić information content (AvgIpc) is 2.46. The molecule has 1 atom stereocenters. The highest BCUT2D eigenvalue weighted by atomic mass is 32.2. The van der Waals surface area contributed by atoms with E-state index in [2.05, 4.69) is 55.2 Å². The van der Waals surface area contributed by atoms with E-state index in [9.17, 15) is 0 Å². The molecule has 1 nitrogen and oxygen atoms in total. The second-order valence-corrected chi connectivity index (χ2v) is 6.33. The van der Waals surface area contributed by atoms with Crippen LogP contribution in [0.1, 0.15) is 50.3 Å². The van der Waals surface area contributed by atoms with Gasteiger partial charge >= 0.3 is 0 Å². The molecule has 1 aliphatic rings. The van der Waals surface area contributed by atoms with Crippen molar-refractivity contribution in [3.8, 4) is 0 Å². The maximum absolute atomic E-state index is 3.85. The van der Waals surface area contributed by atoms with Gasteiger partial charge in [0.25, 0.3) is 0 Å². The zero-order valence-corrected chi connectivity index (χ0v) is 12.4. The molecule has 0 saturated carbocycles. The zero-order chi connectivity index (χ0) is 12.8. The monoisotopic (exact) mass is 263 g/mol. The molecule has 2 rings (SSSR count). The maximum Gasteiger partial charge on any atom is 0.0320 e. The van der Waals surface area contributed by atoms with Gasteiger partial charge in [-0.3, -0.25) is 0 Å². The number of hydrogen-bond donors (Lipinski definition) is 1. The first-order valence-corrected chi connectivity index (χ1v) is 8.41. The Morgan fingerprint density at radius 3 is 2.39 bits per heavy atom. The highest BCUT2D eigenvalue weighted by Gasteiger charge is 2.18. The highest BCUT2D eigenvalue weighted by molar-refractivity contribution is 7.99. The van der Waals surface area contributed by atoms with Crippen LogP contribution in [-0.4, -0.2) is 17.5 Å². The average molecular weight is 263 g/mol. The lowest BCUT2D eigenvalue weighted by Crippen LogP contribution is -2.35. The van der Waals surface area contributed by atoms with Crippen LogP contribution in [-0.2, 0) is 6.42 Å². The van der Waals surface area contributed by atoms with Gasteiger partial charge in [0.05, 0.1) is 0 Å². The van der Waals surface area contributed by atoms with Gasteiger partial charge in [-0.05, 0) is 48.3 Å². The molecular formula is C16H25NS. The Balaban J connectivity index is 1.97. The summed E-state index contributed by atoms with van der Waals surface area (Å²) in [5, 5.41) is 3.85. The minimum absolute atomic E-state index is 0.531. The fourth-order valence-corrected chi connectivity index (χ4v) is 3.69. The Morgan fingerprint density at radius 1 is 1.17 bits per heavy atom. The van der Waals surface area contributed by atoms with E-state index in [4.69, 9.17) is 0 Å². The molecule has 2 heteroatoms. The third-order valence-electron chi connectivity index (χ3n) is 3.86. The minimum Gasteiger partial charge on any atom is -0.307 e. The van der Waals surface area contributed by atoms with Crippen LogP contribution < -0.4 is 5.32 Å². The summed E-state index contributed by atoms with van der Waals surface area (Å²) in [6, 6.07) is 10.4. The van der Waals surface area contributed by atoms with Gasteiger partial charge in [-0.25, -0.2) is 0 Å². The first-order valence-electron chi connectivity index (χ1n) is 7.26. The summed E-state index contributed by atoms with van der Waals surface area (Å²) in [7, 11) is 0. The maximum atomic E-state index is 3.85. The Kier molecular flexibility index (Phi) is 5.58. The molecule has 0 amide bonds. The summed E-state index contributed by atoms with van der Waals surface area (Å²) in [5.74, 6) is 2.64. The van der Waals surface area contributed by atoms with E-state index in [0.29, 0.717) is 6.04 Å². The number of nitrogens with one attached hydrogen (secondary N) is 1. The topological polar surface area (TPSA) is 12.0 Å². The molecule has 1 N–H and O–H groups in total. The predicted octanol–water partition coefficient (Wildman–Crippen LogP) is 4.19. The summed E-state index contributed by atoms with van der Waals surface area (Å²) < 4.78 is 0. The van der Waals surface area contributed by atoms with E-state index >= 15 is 0 Å². The van der Waals surface area contributed by atoms with E-state index in [-0.39, 0.29) is 0 Å². The molecule has 1 unspecified atom stereocenters. The third kappa shape index (κ3) is 3.76. The van der Waals surface area contributed by atoms with E-state index in [1.54, 1.807) is 0 Å². The van der Waals surface area contributed by atoms with Crippen LogP contribution in [0.5, 0.6) is 0 Å². The zero-order valence-electron chi connectivity index (χ0n) is 11.6. The Morgan fingerprint density at radius 2 is 1.83 bits per heavy atom.